The van der Waals surface area contributed by atoms with Crippen LogP contribution in [0.3, 0.4) is 0 Å². The molecule has 0 aromatic heterocycles. The van der Waals surface area contributed by atoms with Gasteiger partial charge in [-0.15, -0.1) is 0 Å². The van der Waals surface area contributed by atoms with Crippen molar-refractivity contribution in [1.29, 1.82) is 0 Å². The van der Waals surface area contributed by atoms with Gasteiger partial charge in [0, 0.05) is 11.5 Å². The number of ketones is 1. The van der Waals surface area contributed by atoms with E-state index < -0.39 is 23.2 Å². The Balaban J connectivity index is 1.62. The lowest BCUT2D eigenvalue weighted by molar-refractivity contribution is -0.128. The van der Waals surface area contributed by atoms with Crippen molar-refractivity contribution in [2.24, 2.45) is 11.8 Å². The van der Waals surface area contributed by atoms with Crippen LogP contribution in [-0.4, -0.2) is 31.0 Å². The zero-order valence-corrected chi connectivity index (χ0v) is 18.6. The molecule has 6 heteroatoms. The van der Waals surface area contributed by atoms with Gasteiger partial charge in [0.15, 0.2) is 5.78 Å². The van der Waals surface area contributed by atoms with Gasteiger partial charge in [0.25, 0.3) is 0 Å². The maximum Gasteiger partial charge on any atom is 0.239 e. The highest BCUT2D eigenvalue weighted by atomic mass is 16.5. The topological polar surface area (TPSA) is 80.8 Å². The monoisotopic (exact) mass is 451 g/mol. The molecule has 0 saturated carbocycles. The van der Waals surface area contributed by atoms with Gasteiger partial charge in [0.1, 0.15) is 12.0 Å². The SMILES string of the molecule is COc1ccc(C(C)=O)cc1N1C(=O)[C@@H]2C3c4ccccc4C(C=O)(c4ccccc43)[C@H]2C1=O. The van der Waals surface area contributed by atoms with Crippen LogP contribution in [0.2, 0.25) is 0 Å². The Bertz CT molecular complexity index is 1380. The second-order valence-corrected chi connectivity index (χ2v) is 9.10. The van der Waals surface area contributed by atoms with Crippen LogP contribution in [0.5, 0.6) is 5.75 Å². The molecule has 34 heavy (non-hydrogen) atoms. The molecule has 3 aromatic rings. The minimum Gasteiger partial charge on any atom is -0.495 e. The van der Waals surface area contributed by atoms with Crippen molar-refractivity contribution < 1.29 is 23.9 Å². The molecule has 1 saturated heterocycles. The number of hydrogen-bond acceptors (Lipinski definition) is 5. The zero-order valence-electron chi connectivity index (χ0n) is 18.6. The Hall–Kier alpha value is -4.06. The van der Waals surface area contributed by atoms with E-state index in [1.807, 2.05) is 48.5 Å². The first-order valence-corrected chi connectivity index (χ1v) is 11.2. The van der Waals surface area contributed by atoms with E-state index in [0.29, 0.717) is 11.3 Å². The van der Waals surface area contributed by atoms with E-state index in [4.69, 9.17) is 4.74 Å². The Morgan fingerprint density at radius 3 is 2.12 bits per heavy atom. The summed E-state index contributed by atoms with van der Waals surface area (Å²) >= 11 is 0. The number of Topliss-reactive ketones (excluding diaryl/α,β-unsaturated/α-hetero) is 1. The number of ether oxygens (including phenoxy) is 1. The van der Waals surface area contributed by atoms with Crippen LogP contribution >= 0.6 is 0 Å². The number of hydrogen-bond donors (Lipinski definition) is 0. The molecule has 3 aliphatic carbocycles. The number of imide groups is 1. The highest BCUT2D eigenvalue weighted by Gasteiger charge is 2.68. The summed E-state index contributed by atoms with van der Waals surface area (Å²) in [6, 6.07) is 19.9. The Morgan fingerprint density at radius 2 is 1.56 bits per heavy atom. The lowest BCUT2D eigenvalue weighted by Crippen LogP contribution is -2.54. The highest BCUT2D eigenvalue weighted by Crippen LogP contribution is 2.63. The van der Waals surface area contributed by atoms with Crippen molar-refractivity contribution in [3.63, 3.8) is 0 Å². The van der Waals surface area contributed by atoms with E-state index in [9.17, 15) is 19.2 Å². The second-order valence-electron chi connectivity index (χ2n) is 9.10. The van der Waals surface area contributed by atoms with Crippen LogP contribution < -0.4 is 9.64 Å². The summed E-state index contributed by atoms with van der Waals surface area (Å²) in [5.74, 6) is -2.66. The molecular weight excluding hydrogens is 430 g/mol. The molecule has 0 N–H and O–H groups in total. The Kier molecular flexibility index (Phi) is 4.21. The van der Waals surface area contributed by atoms with Gasteiger partial charge in [-0.25, -0.2) is 4.90 Å². The molecule has 2 bridgehead atoms. The number of benzene rings is 3. The normalized spacial score (nSPS) is 26.1. The minimum atomic E-state index is -1.26. The molecule has 0 radical (unpaired) electrons. The standard InChI is InChI=1S/C28H21NO5/c1-15(31)16-11-12-22(34-2)21(13-16)29-26(32)24-23-17-7-3-5-9-19(17)28(14-30,25(24)27(29)33)20-10-6-4-8-18(20)23/h3-14,23-25H,1-2H3/t23?,24-,25-,28?/m1/s1. The third-order valence-electron chi connectivity index (χ3n) is 7.70. The summed E-state index contributed by atoms with van der Waals surface area (Å²) in [6.45, 7) is 1.42. The molecule has 7 rings (SSSR count). The number of methoxy groups -OCH3 is 1. The van der Waals surface area contributed by atoms with Gasteiger partial charge in [0.2, 0.25) is 11.8 Å². The van der Waals surface area contributed by atoms with Gasteiger partial charge < -0.3 is 9.53 Å². The van der Waals surface area contributed by atoms with E-state index in [-0.39, 0.29) is 23.3 Å². The molecule has 2 atom stereocenters. The summed E-state index contributed by atoms with van der Waals surface area (Å²) in [5.41, 5.74) is 2.70. The van der Waals surface area contributed by atoms with E-state index in [1.165, 1.54) is 20.1 Å². The fraction of sp³-hybridized carbons (Fsp3) is 0.214. The van der Waals surface area contributed by atoms with Crippen LogP contribution in [0.15, 0.2) is 66.7 Å². The molecule has 0 unspecified atom stereocenters. The van der Waals surface area contributed by atoms with Gasteiger partial charge in [-0.05, 0) is 47.4 Å². The largest absolute Gasteiger partial charge is 0.495 e. The maximum atomic E-state index is 14.1. The van der Waals surface area contributed by atoms with E-state index in [0.717, 1.165) is 33.4 Å². The van der Waals surface area contributed by atoms with Crippen molar-refractivity contribution in [2.45, 2.75) is 18.3 Å². The summed E-state index contributed by atoms with van der Waals surface area (Å²) in [4.78, 5) is 54.3. The smallest absolute Gasteiger partial charge is 0.239 e. The molecule has 4 aliphatic rings. The third kappa shape index (κ3) is 2.30. The number of carbonyl (C=O) groups is 4. The van der Waals surface area contributed by atoms with Crippen molar-refractivity contribution in [3.8, 4) is 5.75 Å². The highest BCUT2D eigenvalue weighted by molar-refractivity contribution is 6.25. The summed E-state index contributed by atoms with van der Waals surface area (Å²) in [5, 5.41) is 0. The first-order chi connectivity index (χ1) is 16.5. The van der Waals surface area contributed by atoms with Gasteiger partial charge in [0.05, 0.1) is 30.0 Å². The summed E-state index contributed by atoms with van der Waals surface area (Å²) < 4.78 is 5.46. The first kappa shape index (κ1) is 20.5. The molecular formula is C28H21NO5. The fourth-order valence-corrected chi connectivity index (χ4v) is 6.35. The first-order valence-electron chi connectivity index (χ1n) is 11.2. The molecule has 2 amide bonds. The summed E-state index contributed by atoms with van der Waals surface area (Å²) in [6.07, 6.45) is 0.843. The van der Waals surface area contributed by atoms with Crippen molar-refractivity contribution in [2.75, 3.05) is 12.0 Å². The molecule has 6 nitrogen and oxygen atoms in total. The van der Waals surface area contributed by atoms with Crippen LogP contribution in [0.25, 0.3) is 0 Å². The number of aldehydes is 1. The third-order valence-corrected chi connectivity index (χ3v) is 7.70. The predicted molar refractivity (Wildman–Crippen MR) is 124 cm³/mol. The lowest BCUT2D eigenvalue weighted by Gasteiger charge is -2.51. The van der Waals surface area contributed by atoms with Gasteiger partial charge in [-0.1, -0.05) is 48.5 Å². The van der Waals surface area contributed by atoms with Crippen LogP contribution in [0.1, 0.15) is 45.5 Å². The summed E-state index contributed by atoms with van der Waals surface area (Å²) in [7, 11) is 1.45. The minimum absolute atomic E-state index is 0.190. The zero-order chi connectivity index (χ0) is 23.8. The molecule has 3 aromatic carbocycles. The van der Waals surface area contributed by atoms with Gasteiger partial charge in [-0.2, -0.15) is 0 Å². The average molecular weight is 451 g/mol. The van der Waals surface area contributed by atoms with Crippen LogP contribution in [-0.2, 0) is 19.8 Å². The molecule has 0 spiro atoms. The number of rotatable bonds is 4. The fourth-order valence-electron chi connectivity index (χ4n) is 6.35. The van der Waals surface area contributed by atoms with Crippen molar-refractivity contribution >= 4 is 29.6 Å². The van der Waals surface area contributed by atoms with Gasteiger partial charge in [-0.3, -0.25) is 14.4 Å². The number of carbonyl (C=O) groups excluding carboxylic acids is 4. The Morgan fingerprint density at radius 1 is 0.941 bits per heavy atom. The Labute approximate surface area is 196 Å². The number of nitrogens with zero attached hydrogens (tertiary/aromatic N) is 1. The predicted octanol–water partition coefficient (Wildman–Crippen LogP) is 3.65. The van der Waals surface area contributed by atoms with E-state index in [2.05, 4.69) is 0 Å². The lowest BCUT2D eigenvalue weighted by atomic mass is 9.48. The van der Waals surface area contributed by atoms with Crippen molar-refractivity contribution in [1.82, 2.24) is 0 Å². The quantitative estimate of drug-likeness (QED) is 0.344. The van der Waals surface area contributed by atoms with E-state index >= 15 is 0 Å². The van der Waals surface area contributed by atoms with Crippen molar-refractivity contribution in [3.05, 3.63) is 94.5 Å². The van der Waals surface area contributed by atoms with Crippen LogP contribution in [0.4, 0.5) is 5.69 Å². The maximum absolute atomic E-state index is 14.1. The van der Waals surface area contributed by atoms with E-state index in [1.54, 1.807) is 12.1 Å². The number of anilines is 1. The average Bonchev–Trinajstić information content (AvgIpc) is 3.14. The number of amides is 2. The molecule has 168 valence electrons. The molecule has 1 aliphatic heterocycles. The molecule has 1 fully saturated rings. The van der Waals surface area contributed by atoms with Gasteiger partial charge >= 0.3 is 0 Å². The molecule has 1 heterocycles. The second kappa shape index (κ2) is 6.97. The van der Waals surface area contributed by atoms with Crippen LogP contribution in [0, 0.1) is 11.8 Å².